The highest BCUT2D eigenvalue weighted by Gasteiger charge is 2.20. The second-order valence-corrected chi connectivity index (χ2v) is 6.22. The summed E-state index contributed by atoms with van der Waals surface area (Å²) in [4.78, 5) is 30.0. The largest absolute Gasteiger partial charge is 0.353 e. The van der Waals surface area contributed by atoms with Crippen LogP contribution in [0.4, 0.5) is 17.5 Å². The number of hydrogen-bond donors (Lipinski definition) is 1. The number of benzene rings is 1. The third kappa shape index (κ3) is 4.03. The molecule has 1 aromatic carbocycles. The van der Waals surface area contributed by atoms with Gasteiger partial charge in [0.15, 0.2) is 0 Å². The smallest absolute Gasteiger partial charge is 0.274 e. The van der Waals surface area contributed by atoms with Gasteiger partial charge >= 0.3 is 0 Å². The van der Waals surface area contributed by atoms with Crippen molar-refractivity contribution in [3.63, 3.8) is 0 Å². The number of amides is 1. The highest BCUT2D eigenvalue weighted by Crippen LogP contribution is 2.16. The minimum Gasteiger partial charge on any atom is -0.353 e. The number of rotatable bonds is 4. The van der Waals surface area contributed by atoms with E-state index in [0.29, 0.717) is 11.6 Å². The van der Waals surface area contributed by atoms with Gasteiger partial charge < -0.3 is 15.1 Å². The van der Waals surface area contributed by atoms with Gasteiger partial charge in [-0.2, -0.15) is 0 Å². The van der Waals surface area contributed by atoms with Gasteiger partial charge in [0, 0.05) is 44.3 Å². The van der Waals surface area contributed by atoms with Crippen molar-refractivity contribution in [2.24, 2.45) is 0 Å². The van der Waals surface area contributed by atoms with Crippen LogP contribution >= 0.6 is 0 Å². The molecule has 0 aliphatic carbocycles. The van der Waals surface area contributed by atoms with Gasteiger partial charge in [-0.25, -0.2) is 15.0 Å². The van der Waals surface area contributed by atoms with Crippen LogP contribution in [0.5, 0.6) is 0 Å². The summed E-state index contributed by atoms with van der Waals surface area (Å²) in [6, 6.07) is 16.9. The predicted octanol–water partition coefficient (Wildman–Crippen LogP) is 2.45. The Balaban J connectivity index is 1.42. The van der Waals surface area contributed by atoms with E-state index in [1.807, 2.05) is 48.5 Å². The average Bonchev–Trinajstić information content (AvgIpc) is 2.75. The Hall–Kier alpha value is -3.48. The molecule has 136 valence electrons. The van der Waals surface area contributed by atoms with Crippen LogP contribution in [0.15, 0.2) is 67.0 Å². The molecule has 3 heterocycles. The first kappa shape index (κ1) is 17.0. The molecule has 0 saturated carbocycles. The number of para-hydroxylation sites is 1. The molecular weight excluding hydrogens is 340 g/mol. The van der Waals surface area contributed by atoms with Crippen molar-refractivity contribution in [2.75, 3.05) is 41.3 Å². The Labute approximate surface area is 157 Å². The normalized spacial score (nSPS) is 14.1. The van der Waals surface area contributed by atoms with E-state index in [1.165, 1.54) is 0 Å². The third-order valence-corrected chi connectivity index (χ3v) is 4.44. The number of nitrogens with zero attached hydrogens (tertiary/aromatic N) is 5. The molecule has 0 bridgehead atoms. The lowest BCUT2D eigenvalue weighted by Crippen LogP contribution is -2.47. The first-order valence-corrected chi connectivity index (χ1v) is 8.90. The van der Waals surface area contributed by atoms with Gasteiger partial charge in [0.2, 0.25) is 5.95 Å². The minimum absolute atomic E-state index is 0.239. The molecule has 1 saturated heterocycles. The molecule has 1 aliphatic heterocycles. The highest BCUT2D eigenvalue weighted by atomic mass is 16.1. The van der Waals surface area contributed by atoms with E-state index in [1.54, 1.807) is 18.5 Å². The summed E-state index contributed by atoms with van der Waals surface area (Å²) in [6.45, 7) is 3.22. The van der Waals surface area contributed by atoms with Crippen molar-refractivity contribution in [1.82, 2.24) is 15.0 Å². The summed E-state index contributed by atoms with van der Waals surface area (Å²) in [7, 11) is 0. The maximum absolute atomic E-state index is 12.4. The number of aromatic nitrogens is 3. The molecule has 0 unspecified atom stereocenters. The Kier molecular flexibility index (Phi) is 4.91. The molecule has 1 N–H and O–H groups in total. The molecule has 2 aromatic heterocycles. The molecule has 0 radical (unpaired) electrons. The van der Waals surface area contributed by atoms with Crippen LogP contribution in [0.25, 0.3) is 0 Å². The number of carbonyl (C=O) groups excluding carboxylic acids is 1. The Morgan fingerprint density at radius 1 is 0.815 bits per heavy atom. The van der Waals surface area contributed by atoms with Crippen molar-refractivity contribution >= 4 is 23.4 Å². The molecule has 0 spiro atoms. The van der Waals surface area contributed by atoms with Crippen LogP contribution in [0.1, 0.15) is 10.5 Å². The fraction of sp³-hybridized carbons (Fsp3) is 0.200. The average molecular weight is 360 g/mol. The second-order valence-electron chi connectivity index (χ2n) is 6.22. The zero-order valence-electron chi connectivity index (χ0n) is 14.8. The summed E-state index contributed by atoms with van der Waals surface area (Å²) in [6.07, 6.45) is 3.44. The monoisotopic (exact) mass is 360 g/mol. The van der Waals surface area contributed by atoms with E-state index in [0.717, 1.165) is 37.7 Å². The zero-order chi connectivity index (χ0) is 18.5. The van der Waals surface area contributed by atoms with Crippen LogP contribution in [-0.4, -0.2) is 47.0 Å². The summed E-state index contributed by atoms with van der Waals surface area (Å²) in [5, 5.41) is 2.85. The topological polar surface area (TPSA) is 74.2 Å². The maximum Gasteiger partial charge on any atom is 0.274 e. The lowest BCUT2D eigenvalue weighted by Gasteiger charge is -2.35. The van der Waals surface area contributed by atoms with Crippen LogP contribution in [0.2, 0.25) is 0 Å². The fourth-order valence-corrected chi connectivity index (χ4v) is 3.02. The number of carbonyl (C=O) groups is 1. The number of nitrogens with one attached hydrogen (secondary N) is 1. The first-order valence-electron chi connectivity index (χ1n) is 8.90. The predicted molar refractivity (Wildman–Crippen MR) is 105 cm³/mol. The van der Waals surface area contributed by atoms with Gasteiger partial charge in [-0.1, -0.05) is 24.3 Å². The van der Waals surface area contributed by atoms with E-state index in [4.69, 9.17) is 0 Å². The molecule has 7 nitrogen and oxygen atoms in total. The molecule has 1 fully saturated rings. The van der Waals surface area contributed by atoms with Gasteiger partial charge in [-0.3, -0.25) is 4.79 Å². The molecule has 1 aliphatic rings. The fourth-order valence-electron chi connectivity index (χ4n) is 3.02. The van der Waals surface area contributed by atoms with E-state index >= 15 is 0 Å². The Morgan fingerprint density at radius 2 is 1.56 bits per heavy atom. The van der Waals surface area contributed by atoms with E-state index in [2.05, 4.69) is 30.1 Å². The van der Waals surface area contributed by atoms with Crippen molar-refractivity contribution in [1.29, 1.82) is 0 Å². The molecule has 4 rings (SSSR count). The van der Waals surface area contributed by atoms with Gasteiger partial charge in [0.05, 0.1) is 0 Å². The Morgan fingerprint density at radius 3 is 2.30 bits per heavy atom. The molecule has 3 aromatic rings. The van der Waals surface area contributed by atoms with Crippen LogP contribution in [-0.2, 0) is 0 Å². The number of anilines is 3. The highest BCUT2D eigenvalue weighted by molar-refractivity contribution is 6.02. The second kappa shape index (κ2) is 7.82. The van der Waals surface area contributed by atoms with Gasteiger partial charge in [0.1, 0.15) is 11.5 Å². The third-order valence-electron chi connectivity index (χ3n) is 4.44. The van der Waals surface area contributed by atoms with Crippen molar-refractivity contribution < 1.29 is 4.79 Å². The van der Waals surface area contributed by atoms with Gasteiger partial charge in [-0.15, -0.1) is 0 Å². The van der Waals surface area contributed by atoms with Crippen LogP contribution in [0, 0.1) is 0 Å². The van der Waals surface area contributed by atoms with Crippen LogP contribution in [0.3, 0.4) is 0 Å². The van der Waals surface area contributed by atoms with E-state index in [9.17, 15) is 4.79 Å². The number of pyridine rings is 1. The SMILES string of the molecule is O=C(Nc1ccccc1)c1ccnc(N2CCN(c3ccccn3)CC2)n1. The summed E-state index contributed by atoms with van der Waals surface area (Å²) in [5.41, 5.74) is 1.10. The molecule has 1 amide bonds. The van der Waals surface area contributed by atoms with E-state index in [-0.39, 0.29) is 5.91 Å². The zero-order valence-corrected chi connectivity index (χ0v) is 14.8. The summed E-state index contributed by atoms with van der Waals surface area (Å²) in [5.74, 6) is 1.32. The first-order chi connectivity index (χ1) is 13.3. The molecule has 27 heavy (non-hydrogen) atoms. The van der Waals surface area contributed by atoms with Gasteiger partial charge in [0.25, 0.3) is 5.91 Å². The maximum atomic E-state index is 12.4. The number of hydrogen-bond acceptors (Lipinski definition) is 6. The Bertz CT molecular complexity index is 895. The summed E-state index contributed by atoms with van der Waals surface area (Å²) < 4.78 is 0. The quantitative estimate of drug-likeness (QED) is 0.770. The van der Waals surface area contributed by atoms with E-state index < -0.39 is 0 Å². The summed E-state index contributed by atoms with van der Waals surface area (Å²) >= 11 is 0. The molecule has 0 atom stereocenters. The lowest BCUT2D eigenvalue weighted by atomic mass is 10.3. The molecule has 7 heteroatoms. The lowest BCUT2D eigenvalue weighted by molar-refractivity contribution is 0.102. The molecular formula is C20H20N6O. The van der Waals surface area contributed by atoms with Crippen LogP contribution < -0.4 is 15.1 Å². The van der Waals surface area contributed by atoms with Crippen molar-refractivity contribution in [3.8, 4) is 0 Å². The standard InChI is InChI=1S/C20H20N6O/c27-19(23-16-6-2-1-3-7-16)17-9-11-22-20(24-17)26-14-12-25(13-15-26)18-8-4-5-10-21-18/h1-11H,12-15H2,(H,23,27). The van der Waals surface area contributed by atoms with Gasteiger partial charge in [-0.05, 0) is 30.3 Å². The number of piperazine rings is 1. The van der Waals surface area contributed by atoms with Crippen molar-refractivity contribution in [3.05, 3.63) is 72.7 Å². The minimum atomic E-state index is -0.239. The van der Waals surface area contributed by atoms with Crippen molar-refractivity contribution in [2.45, 2.75) is 0 Å².